The van der Waals surface area contributed by atoms with Crippen LogP contribution in [0.25, 0.3) is 0 Å². The van der Waals surface area contributed by atoms with Gasteiger partial charge >= 0.3 is 5.97 Å². The van der Waals surface area contributed by atoms with E-state index in [2.05, 4.69) is 10.1 Å². The Bertz CT molecular complexity index is 237. The maximum Gasteiger partial charge on any atom is 0.305 e. The van der Waals surface area contributed by atoms with Crippen molar-refractivity contribution in [1.29, 1.82) is 0 Å². The number of hydrogen-bond donors (Lipinski definition) is 1. The minimum absolute atomic E-state index is 0.142. The fourth-order valence-corrected chi connectivity index (χ4v) is 1.87. The number of rotatable bonds is 10. The topological polar surface area (TPSA) is 55.4 Å². The number of carbonyl (C=O) groups excluding carboxylic acids is 2. The van der Waals surface area contributed by atoms with E-state index < -0.39 is 0 Å². The highest BCUT2D eigenvalue weighted by molar-refractivity contribution is 5.78. The Morgan fingerprint density at radius 2 is 1.67 bits per heavy atom. The molecule has 0 aliphatic carbocycles. The van der Waals surface area contributed by atoms with E-state index in [9.17, 15) is 9.59 Å². The van der Waals surface area contributed by atoms with Gasteiger partial charge in [-0.2, -0.15) is 0 Å². The molecule has 1 N–H and O–H groups in total. The molecule has 0 rings (SSSR count). The average Bonchev–Trinajstić information content (AvgIpc) is 2.38. The molecule has 0 unspecified atom stereocenters. The molecule has 106 valence electrons. The normalized spacial score (nSPS) is 10.4. The van der Waals surface area contributed by atoms with Crippen LogP contribution in [-0.2, 0) is 14.3 Å². The smallest absolute Gasteiger partial charge is 0.305 e. The third-order valence-electron chi connectivity index (χ3n) is 3.19. The molecule has 0 aliphatic heterocycles. The maximum absolute atomic E-state index is 11.7. The molecule has 0 aromatic carbocycles. The van der Waals surface area contributed by atoms with Crippen LogP contribution in [0.2, 0.25) is 0 Å². The average molecular weight is 257 g/mol. The molecule has 18 heavy (non-hydrogen) atoms. The van der Waals surface area contributed by atoms with Crippen LogP contribution in [0.1, 0.15) is 58.8 Å². The van der Waals surface area contributed by atoms with Crippen LogP contribution in [-0.4, -0.2) is 25.5 Å². The highest BCUT2D eigenvalue weighted by atomic mass is 16.5. The van der Waals surface area contributed by atoms with Crippen molar-refractivity contribution in [3.05, 3.63) is 0 Å². The molecule has 0 spiro atoms. The van der Waals surface area contributed by atoms with Crippen molar-refractivity contribution in [1.82, 2.24) is 5.32 Å². The summed E-state index contributed by atoms with van der Waals surface area (Å²) in [5.74, 6) is 0.191. The first kappa shape index (κ1) is 16.9. The monoisotopic (exact) mass is 257 g/mol. The van der Waals surface area contributed by atoms with Crippen LogP contribution < -0.4 is 5.32 Å². The van der Waals surface area contributed by atoms with Gasteiger partial charge in [-0.3, -0.25) is 9.59 Å². The molecule has 0 saturated heterocycles. The second-order valence-corrected chi connectivity index (χ2v) is 4.54. The van der Waals surface area contributed by atoms with E-state index in [1.165, 1.54) is 7.11 Å². The summed E-state index contributed by atoms with van der Waals surface area (Å²) in [5.41, 5.74) is 0. The van der Waals surface area contributed by atoms with Crippen molar-refractivity contribution < 1.29 is 14.3 Å². The standard InChI is InChI=1S/C14H27NO3/c1-4-12(5-2)14(17)15-11-9-7-6-8-10-13(16)18-3/h12H,4-11H2,1-3H3,(H,15,17). The van der Waals surface area contributed by atoms with E-state index >= 15 is 0 Å². The lowest BCUT2D eigenvalue weighted by Gasteiger charge is -2.12. The Morgan fingerprint density at radius 3 is 2.22 bits per heavy atom. The molecule has 0 heterocycles. The summed E-state index contributed by atoms with van der Waals surface area (Å²) in [7, 11) is 1.41. The fourth-order valence-electron chi connectivity index (χ4n) is 1.87. The summed E-state index contributed by atoms with van der Waals surface area (Å²) in [5, 5.41) is 2.96. The highest BCUT2D eigenvalue weighted by Gasteiger charge is 2.12. The molecular formula is C14H27NO3. The quantitative estimate of drug-likeness (QED) is 0.483. The molecule has 0 fully saturated rings. The zero-order valence-corrected chi connectivity index (χ0v) is 12.0. The van der Waals surface area contributed by atoms with Gasteiger partial charge in [0.05, 0.1) is 7.11 Å². The Labute approximate surface area is 110 Å². The molecule has 0 aliphatic rings. The van der Waals surface area contributed by atoms with Gasteiger partial charge in [0.15, 0.2) is 0 Å². The molecule has 4 heteroatoms. The summed E-state index contributed by atoms with van der Waals surface area (Å²) < 4.78 is 4.56. The van der Waals surface area contributed by atoms with Gasteiger partial charge in [-0.25, -0.2) is 0 Å². The highest BCUT2D eigenvalue weighted by Crippen LogP contribution is 2.07. The van der Waals surface area contributed by atoms with Crippen LogP contribution in [0.15, 0.2) is 0 Å². The SMILES string of the molecule is CCC(CC)C(=O)NCCCCCCC(=O)OC. The molecular weight excluding hydrogens is 230 g/mol. The van der Waals surface area contributed by atoms with Gasteiger partial charge in [-0.05, 0) is 25.7 Å². The Balaban J connectivity index is 3.40. The zero-order chi connectivity index (χ0) is 13.8. The third-order valence-corrected chi connectivity index (χ3v) is 3.19. The molecule has 0 saturated carbocycles. The van der Waals surface area contributed by atoms with E-state index in [4.69, 9.17) is 0 Å². The van der Waals surface area contributed by atoms with Crippen molar-refractivity contribution in [2.75, 3.05) is 13.7 Å². The van der Waals surface area contributed by atoms with E-state index in [1.54, 1.807) is 0 Å². The fraction of sp³-hybridized carbons (Fsp3) is 0.857. The summed E-state index contributed by atoms with van der Waals surface area (Å²) in [6.45, 7) is 4.83. The predicted octanol–water partition coefficient (Wildman–Crippen LogP) is 2.66. The molecule has 0 aromatic rings. The number of unbranched alkanes of at least 4 members (excludes halogenated alkanes) is 3. The minimum atomic E-state index is -0.142. The largest absolute Gasteiger partial charge is 0.469 e. The minimum Gasteiger partial charge on any atom is -0.469 e. The molecule has 0 bridgehead atoms. The van der Waals surface area contributed by atoms with Crippen molar-refractivity contribution in [2.45, 2.75) is 58.8 Å². The van der Waals surface area contributed by atoms with Crippen LogP contribution >= 0.6 is 0 Å². The number of hydrogen-bond acceptors (Lipinski definition) is 3. The third kappa shape index (κ3) is 8.09. The Hall–Kier alpha value is -1.06. The number of amides is 1. The summed E-state index contributed by atoms with van der Waals surface area (Å²) in [6.07, 6.45) is 6.20. The first-order valence-corrected chi connectivity index (χ1v) is 7.00. The Morgan fingerprint density at radius 1 is 1.06 bits per heavy atom. The summed E-state index contributed by atoms with van der Waals surface area (Å²) in [4.78, 5) is 22.5. The molecule has 4 nitrogen and oxygen atoms in total. The first-order chi connectivity index (χ1) is 8.65. The molecule has 1 amide bonds. The van der Waals surface area contributed by atoms with Gasteiger partial charge in [0.2, 0.25) is 5.91 Å². The van der Waals surface area contributed by atoms with Crippen LogP contribution in [0.5, 0.6) is 0 Å². The lowest BCUT2D eigenvalue weighted by Crippen LogP contribution is -2.30. The van der Waals surface area contributed by atoms with Crippen molar-refractivity contribution in [3.63, 3.8) is 0 Å². The van der Waals surface area contributed by atoms with Gasteiger partial charge in [-0.15, -0.1) is 0 Å². The number of esters is 1. The lowest BCUT2D eigenvalue weighted by molar-refractivity contribution is -0.140. The van der Waals surface area contributed by atoms with E-state index in [0.717, 1.165) is 45.1 Å². The van der Waals surface area contributed by atoms with Gasteiger partial charge in [0, 0.05) is 18.9 Å². The number of ether oxygens (including phenoxy) is 1. The van der Waals surface area contributed by atoms with E-state index in [-0.39, 0.29) is 17.8 Å². The van der Waals surface area contributed by atoms with Crippen LogP contribution in [0, 0.1) is 5.92 Å². The number of nitrogens with one attached hydrogen (secondary N) is 1. The van der Waals surface area contributed by atoms with E-state index in [0.29, 0.717) is 6.42 Å². The predicted molar refractivity (Wildman–Crippen MR) is 72.2 cm³/mol. The van der Waals surface area contributed by atoms with Crippen LogP contribution in [0.3, 0.4) is 0 Å². The summed E-state index contributed by atoms with van der Waals surface area (Å²) in [6, 6.07) is 0. The second kappa shape index (κ2) is 11.1. The second-order valence-electron chi connectivity index (χ2n) is 4.54. The molecule has 0 aromatic heterocycles. The van der Waals surface area contributed by atoms with Gasteiger partial charge in [0.1, 0.15) is 0 Å². The van der Waals surface area contributed by atoms with Gasteiger partial charge < -0.3 is 10.1 Å². The number of carbonyl (C=O) groups is 2. The van der Waals surface area contributed by atoms with Gasteiger partial charge in [0.25, 0.3) is 0 Å². The van der Waals surface area contributed by atoms with Crippen molar-refractivity contribution >= 4 is 11.9 Å². The van der Waals surface area contributed by atoms with Crippen LogP contribution in [0.4, 0.5) is 0 Å². The van der Waals surface area contributed by atoms with Gasteiger partial charge in [-0.1, -0.05) is 26.7 Å². The summed E-state index contributed by atoms with van der Waals surface area (Å²) >= 11 is 0. The maximum atomic E-state index is 11.7. The Kier molecular flexibility index (Phi) is 10.4. The van der Waals surface area contributed by atoms with E-state index in [1.807, 2.05) is 13.8 Å². The zero-order valence-electron chi connectivity index (χ0n) is 12.0. The number of methoxy groups -OCH3 is 1. The molecule has 0 atom stereocenters. The molecule has 0 radical (unpaired) electrons. The van der Waals surface area contributed by atoms with Crippen molar-refractivity contribution in [2.24, 2.45) is 5.92 Å². The first-order valence-electron chi connectivity index (χ1n) is 7.00. The van der Waals surface area contributed by atoms with Crippen molar-refractivity contribution in [3.8, 4) is 0 Å². The lowest BCUT2D eigenvalue weighted by atomic mass is 10.0.